The molecular weight excluding hydrogens is 304 g/mol. The van der Waals surface area contributed by atoms with Crippen molar-refractivity contribution in [3.8, 4) is 5.75 Å². The predicted molar refractivity (Wildman–Crippen MR) is 92.8 cm³/mol. The topological polar surface area (TPSA) is 27.1 Å². The third kappa shape index (κ3) is 3.49. The summed E-state index contributed by atoms with van der Waals surface area (Å²) in [5.41, 5.74) is 2.03. The van der Waals surface area contributed by atoms with Crippen molar-refractivity contribution in [2.24, 2.45) is 0 Å². The Morgan fingerprint density at radius 2 is 2.14 bits per heavy atom. The van der Waals surface area contributed by atoms with Crippen LogP contribution in [-0.4, -0.2) is 27.7 Å². The molecule has 2 rings (SSSR count). The largest absolute Gasteiger partial charge is 0.489 e. The van der Waals surface area contributed by atoms with E-state index in [1.165, 1.54) is 0 Å². The van der Waals surface area contributed by atoms with E-state index in [1.807, 2.05) is 37.7 Å². The average molecular weight is 327 g/mol. The van der Waals surface area contributed by atoms with E-state index >= 15 is 0 Å². The molecule has 1 heterocycles. The Labute approximate surface area is 136 Å². The molecule has 0 saturated carbocycles. The molecule has 1 aromatic carbocycles. The zero-order chi connectivity index (χ0) is 15.4. The van der Waals surface area contributed by atoms with Gasteiger partial charge in [0.05, 0.1) is 17.5 Å². The molecule has 1 atom stereocenters. The normalized spacial score (nSPS) is 13.0. The van der Waals surface area contributed by atoms with Crippen molar-refractivity contribution in [2.45, 2.75) is 45.2 Å². The van der Waals surface area contributed by atoms with Gasteiger partial charge in [-0.05, 0) is 38.7 Å². The van der Waals surface area contributed by atoms with Gasteiger partial charge < -0.3 is 9.30 Å². The standard InChI is InChI=1S/C16H23ClN2OS/c1-5-12(10-21-4)19-13-7-6-8-14(20-11(2)3)16(13)18-15(19)9-17/h6-8,11-12H,5,9-10H2,1-4H3. The lowest BCUT2D eigenvalue weighted by Crippen LogP contribution is -2.13. The minimum absolute atomic E-state index is 0.133. The van der Waals surface area contributed by atoms with Crippen LogP contribution in [0, 0.1) is 0 Å². The molecule has 5 heteroatoms. The van der Waals surface area contributed by atoms with Gasteiger partial charge in [0.1, 0.15) is 17.1 Å². The lowest BCUT2D eigenvalue weighted by molar-refractivity contribution is 0.245. The second-order valence-electron chi connectivity index (χ2n) is 5.34. The van der Waals surface area contributed by atoms with Gasteiger partial charge in [-0.3, -0.25) is 0 Å². The smallest absolute Gasteiger partial charge is 0.147 e. The lowest BCUT2D eigenvalue weighted by Gasteiger charge is -2.19. The second kappa shape index (κ2) is 7.41. The molecule has 21 heavy (non-hydrogen) atoms. The van der Waals surface area contributed by atoms with E-state index in [0.717, 1.165) is 34.8 Å². The minimum atomic E-state index is 0.133. The maximum Gasteiger partial charge on any atom is 0.147 e. The molecule has 0 aliphatic heterocycles. The van der Waals surface area contributed by atoms with E-state index in [-0.39, 0.29) is 6.10 Å². The van der Waals surface area contributed by atoms with Crippen molar-refractivity contribution in [2.75, 3.05) is 12.0 Å². The van der Waals surface area contributed by atoms with Crippen LogP contribution in [0.5, 0.6) is 5.75 Å². The van der Waals surface area contributed by atoms with E-state index in [1.54, 1.807) is 0 Å². The van der Waals surface area contributed by atoms with Crippen molar-refractivity contribution in [1.82, 2.24) is 9.55 Å². The Kier molecular flexibility index (Phi) is 5.82. The zero-order valence-electron chi connectivity index (χ0n) is 13.1. The highest BCUT2D eigenvalue weighted by atomic mass is 35.5. The van der Waals surface area contributed by atoms with Crippen molar-refractivity contribution in [1.29, 1.82) is 0 Å². The Balaban J connectivity index is 2.58. The van der Waals surface area contributed by atoms with Crippen LogP contribution in [0.15, 0.2) is 18.2 Å². The van der Waals surface area contributed by atoms with E-state index in [9.17, 15) is 0 Å². The first-order valence-electron chi connectivity index (χ1n) is 7.33. The fraction of sp³-hybridized carbons (Fsp3) is 0.562. The van der Waals surface area contributed by atoms with Gasteiger partial charge in [-0.15, -0.1) is 11.6 Å². The van der Waals surface area contributed by atoms with Crippen LogP contribution in [0.2, 0.25) is 0 Å². The first kappa shape index (κ1) is 16.5. The number of hydrogen-bond acceptors (Lipinski definition) is 3. The van der Waals surface area contributed by atoms with Crippen LogP contribution in [0.25, 0.3) is 11.0 Å². The van der Waals surface area contributed by atoms with Crippen LogP contribution in [0.4, 0.5) is 0 Å². The van der Waals surface area contributed by atoms with Gasteiger partial charge in [-0.25, -0.2) is 4.98 Å². The van der Waals surface area contributed by atoms with E-state index in [0.29, 0.717) is 11.9 Å². The first-order chi connectivity index (χ1) is 10.1. The average Bonchev–Trinajstić information content (AvgIpc) is 2.84. The number of halogens is 1. The van der Waals surface area contributed by atoms with Crippen LogP contribution < -0.4 is 4.74 Å². The van der Waals surface area contributed by atoms with Gasteiger partial charge in [-0.1, -0.05) is 13.0 Å². The highest BCUT2D eigenvalue weighted by molar-refractivity contribution is 7.98. The number of rotatable bonds is 7. The molecule has 0 saturated heterocycles. The summed E-state index contributed by atoms with van der Waals surface area (Å²) in [5, 5.41) is 0. The van der Waals surface area contributed by atoms with Gasteiger partial charge in [0.2, 0.25) is 0 Å². The SMILES string of the molecule is CCC(CSC)n1c(CCl)nc2c(OC(C)C)cccc21. The number of hydrogen-bond donors (Lipinski definition) is 0. The summed E-state index contributed by atoms with van der Waals surface area (Å²) in [4.78, 5) is 4.73. The number of thioether (sulfide) groups is 1. The Morgan fingerprint density at radius 1 is 1.38 bits per heavy atom. The summed E-state index contributed by atoms with van der Waals surface area (Å²) in [6.45, 7) is 6.26. The lowest BCUT2D eigenvalue weighted by atomic mass is 10.2. The number of nitrogens with zero attached hydrogens (tertiary/aromatic N) is 2. The summed E-state index contributed by atoms with van der Waals surface area (Å²) in [6.07, 6.45) is 3.33. The van der Waals surface area contributed by atoms with Gasteiger partial charge in [0.15, 0.2) is 0 Å². The number of aromatic nitrogens is 2. The van der Waals surface area contributed by atoms with Crippen molar-refractivity contribution < 1.29 is 4.74 Å². The van der Waals surface area contributed by atoms with Crippen LogP contribution in [-0.2, 0) is 5.88 Å². The van der Waals surface area contributed by atoms with Gasteiger partial charge in [0, 0.05) is 11.8 Å². The third-order valence-corrected chi connectivity index (χ3v) is 4.39. The number of ether oxygens (including phenoxy) is 1. The molecule has 0 bridgehead atoms. The molecule has 1 unspecified atom stereocenters. The number of benzene rings is 1. The minimum Gasteiger partial charge on any atom is -0.489 e. The summed E-state index contributed by atoms with van der Waals surface area (Å²) >= 11 is 7.98. The highest BCUT2D eigenvalue weighted by Crippen LogP contribution is 2.31. The maximum absolute atomic E-state index is 6.13. The monoisotopic (exact) mass is 326 g/mol. The fourth-order valence-electron chi connectivity index (χ4n) is 2.56. The molecule has 0 fully saturated rings. The second-order valence-corrected chi connectivity index (χ2v) is 6.52. The molecule has 116 valence electrons. The molecule has 0 radical (unpaired) electrons. The Bertz CT molecular complexity index is 597. The van der Waals surface area contributed by atoms with E-state index in [2.05, 4.69) is 23.8 Å². The molecule has 0 aliphatic rings. The quantitative estimate of drug-likeness (QED) is 0.679. The summed E-state index contributed by atoms with van der Waals surface area (Å²) in [7, 11) is 0. The molecule has 0 spiro atoms. The maximum atomic E-state index is 6.13. The molecule has 1 aromatic heterocycles. The molecule has 2 aromatic rings. The van der Waals surface area contributed by atoms with Crippen LogP contribution >= 0.6 is 23.4 Å². The molecule has 0 N–H and O–H groups in total. The summed E-state index contributed by atoms with van der Waals surface area (Å²) in [6, 6.07) is 6.53. The molecule has 0 amide bonds. The Morgan fingerprint density at radius 3 is 2.71 bits per heavy atom. The summed E-state index contributed by atoms with van der Waals surface area (Å²) < 4.78 is 8.17. The van der Waals surface area contributed by atoms with Gasteiger partial charge in [0.25, 0.3) is 0 Å². The first-order valence-corrected chi connectivity index (χ1v) is 9.26. The Hall–Kier alpha value is -0.870. The van der Waals surface area contributed by atoms with Crippen molar-refractivity contribution in [3.05, 3.63) is 24.0 Å². The van der Waals surface area contributed by atoms with Gasteiger partial charge in [-0.2, -0.15) is 11.8 Å². The molecular formula is C16H23ClN2OS. The van der Waals surface area contributed by atoms with Crippen molar-refractivity contribution >= 4 is 34.4 Å². The number of para-hydroxylation sites is 1. The highest BCUT2D eigenvalue weighted by Gasteiger charge is 2.19. The third-order valence-electron chi connectivity index (χ3n) is 3.43. The van der Waals surface area contributed by atoms with Crippen LogP contribution in [0.3, 0.4) is 0 Å². The number of imidazole rings is 1. The molecule has 3 nitrogen and oxygen atoms in total. The van der Waals surface area contributed by atoms with Crippen LogP contribution in [0.1, 0.15) is 39.1 Å². The zero-order valence-corrected chi connectivity index (χ0v) is 14.7. The predicted octanol–water partition coefficient (Wildman–Crippen LogP) is 4.88. The molecule has 0 aliphatic carbocycles. The van der Waals surface area contributed by atoms with Crippen molar-refractivity contribution in [3.63, 3.8) is 0 Å². The fourth-order valence-corrected chi connectivity index (χ4v) is 3.52. The van der Waals surface area contributed by atoms with E-state index < -0.39 is 0 Å². The number of fused-ring (bicyclic) bond motifs is 1. The van der Waals surface area contributed by atoms with Gasteiger partial charge >= 0.3 is 0 Å². The number of alkyl halides is 1. The van der Waals surface area contributed by atoms with E-state index in [4.69, 9.17) is 21.3 Å². The summed E-state index contributed by atoms with van der Waals surface area (Å²) in [5.74, 6) is 3.24.